The molecule has 37 heavy (non-hydrogen) atoms. The second-order valence-electron chi connectivity index (χ2n) is 8.66. The van der Waals surface area contributed by atoms with Crippen LogP contribution in [-0.4, -0.2) is 40.1 Å². The molecular weight excluding hydrogens is 556 g/mol. The molecule has 0 fully saturated rings. The van der Waals surface area contributed by atoms with E-state index in [1.165, 1.54) is 12.1 Å². The molecule has 0 saturated carbocycles. The van der Waals surface area contributed by atoms with E-state index < -0.39 is 10.0 Å². The zero-order valence-electron chi connectivity index (χ0n) is 21.3. The molecule has 0 atom stereocenters. The van der Waals surface area contributed by atoms with Gasteiger partial charge < -0.3 is 14.8 Å². The first-order chi connectivity index (χ1) is 17.7. The number of ether oxygens (including phenoxy) is 2. The van der Waals surface area contributed by atoms with Crippen molar-refractivity contribution in [2.45, 2.75) is 44.6 Å². The Kier molecular flexibility index (Phi) is 10.4. The van der Waals surface area contributed by atoms with Crippen LogP contribution in [0.15, 0.2) is 82.2 Å². The predicted octanol–water partition coefficient (Wildman–Crippen LogP) is 5.58. The van der Waals surface area contributed by atoms with Crippen molar-refractivity contribution in [1.29, 1.82) is 0 Å². The van der Waals surface area contributed by atoms with E-state index in [1.807, 2.05) is 45.0 Å². The van der Waals surface area contributed by atoms with Crippen LogP contribution in [0, 0.1) is 0 Å². The van der Waals surface area contributed by atoms with Crippen LogP contribution in [0.2, 0.25) is 0 Å². The monoisotopic (exact) mass is 588 g/mol. The maximum atomic E-state index is 13.5. The highest BCUT2D eigenvalue weighted by Gasteiger charge is 2.27. The van der Waals surface area contributed by atoms with E-state index in [0.29, 0.717) is 24.6 Å². The molecular formula is C28H33BrN2O5S. The van der Waals surface area contributed by atoms with Gasteiger partial charge in [0.05, 0.1) is 23.3 Å². The van der Waals surface area contributed by atoms with Gasteiger partial charge in [-0.15, -0.1) is 0 Å². The molecule has 0 radical (unpaired) electrons. The zero-order chi connectivity index (χ0) is 26.8. The van der Waals surface area contributed by atoms with Crippen molar-refractivity contribution in [3.05, 3.63) is 82.8 Å². The summed E-state index contributed by atoms with van der Waals surface area (Å²) >= 11 is 3.33. The molecule has 3 rings (SSSR count). The predicted molar refractivity (Wildman–Crippen MR) is 150 cm³/mol. The van der Waals surface area contributed by atoms with Crippen LogP contribution in [-0.2, 0) is 21.2 Å². The number of anilines is 1. The summed E-state index contributed by atoms with van der Waals surface area (Å²) < 4.78 is 40.0. The van der Waals surface area contributed by atoms with Gasteiger partial charge in [-0.2, -0.15) is 0 Å². The summed E-state index contributed by atoms with van der Waals surface area (Å²) in [6, 6.07) is 20.9. The van der Waals surface area contributed by atoms with Gasteiger partial charge in [-0.1, -0.05) is 28.1 Å². The molecule has 1 N–H and O–H groups in total. The first kappa shape index (κ1) is 28.5. The second kappa shape index (κ2) is 13.5. The van der Waals surface area contributed by atoms with E-state index in [0.717, 1.165) is 32.9 Å². The molecule has 1 amide bonds. The topological polar surface area (TPSA) is 84.9 Å². The molecule has 0 spiro atoms. The largest absolute Gasteiger partial charge is 0.494 e. The fraction of sp³-hybridized carbons (Fsp3) is 0.321. The number of benzene rings is 3. The number of carbonyl (C=O) groups is 1. The summed E-state index contributed by atoms with van der Waals surface area (Å²) in [5, 5.41) is 2.85. The number of nitrogens with zero attached hydrogens (tertiary/aromatic N) is 1. The molecule has 0 aromatic heterocycles. The maximum absolute atomic E-state index is 13.5. The summed E-state index contributed by atoms with van der Waals surface area (Å²) in [5.74, 6) is 1.07. The fourth-order valence-corrected chi connectivity index (χ4v) is 5.32. The third kappa shape index (κ3) is 8.50. The lowest BCUT2D eigenvalue weighted by Gasteiger charge is -2.24. The maximum Gasteiger partial charge on any atom is 0.264 e. The summed E-state index contributed by atoms with van der Waals surface area (Å²) in [4.78, 5) is 12.9. The lowest BCUT2D eigenvalue weighted by atomic mass is 10.1. The van der Waals surface area contributed by atoms with Gasteiger partial charge in [-0.25, -0.2) is 8.42 Å². The third-order valence-electron chi connectivity index (χ3n) is 5.38. The van der Waals surface area contributed by atoms with Crippen LogP contribution in [0.5, 0.6) is 11.5 Å². The van der Waals surface area contributed by atoms with Gasteiger partial charge >= 0.3 is 0 Å². The summed E-state index contributed by atoms with van der Waals surface area (Å²) in [6.07, 6.45) is 1.62. The Morgan fingerprint density at radius 2 is 1.57 bits per heavy atom. The van der Waals surface area contributed by atoms with Crippen molar-refractivity contribution in [3.63, 3.8) is 0 Å². The number of aryl methyl sites for hydroxylation is 1. The second-order valence-corrected chi connectivity index (χ2v) is 11.4. The van der Waals surface area contributed by atoms with Crippen molar-refractivity contribution in [1.82, 2.24) is 5.32 Å². The van der Waals surface area contributed by atoms with Crippen molar-refractivity contribution in [2.24, 2.45) is 0 Å². The van der Waals surface area contributed by atoms with Gasteiger partial charge in [0.15, 0.2) is 0 Å². The summed E-state index contributed by atoms with van der Waals surface area (Å²) in [5.41, 5.74) is 1.52. The van der Waals surface area contributed by atoms with Crippen LogP contribution in [0.3, 0.4) is 0 Å². The quantitative estimate of drug-likeness (QED) is 0.263. The Labute approximate surface area is 228 Å². The molecule has 0 saturated heterocycles. The van der Waals surface area contributed by atoms with Gasteiger partial charge in [0, 0.05) is 11.0 Å². The lowest BCUT2D eigenvalue weighted by molar-refractivity contribution is -0.119. The average molecular weight is 590 g/mol. The van der Waals surface area contributed by atoms with Gasteiger partial charge in [-0.05, 0) is 99.8 Å². The molecule has 0 unspecified atom stereocenters. The highest BCUT2D eigenvalue weighted by Crippen LogP contribution is 2.26. The SMILES string of the molecule is CCOc1ccc(N(CC(=O)NCCCc2ccc(OC(C)C)cc2)S(=O)(=O)c2ccc(Br)cc2)cc1. The molecule has 0 bridgehead atoms. The first-order valence-electron chi connectivity index (χ1n) is 12.2. The number of carbonyl (C=O) groups excluding carboxylic acids is 1. The van der Waals surface area contributed by atoms with Crippen molar-refractivity contribution in [3.8, 4) is 11.5 Å². The van der Waals surface area contributed by atoms with Crippen LogP contribution in [0.1, 0.15) is 32.8 Å². The molecule has 0 aliphatic rings. The van der Waals surface area contributed by atoms with Crippen LogP contribution < -0.4 is 19.1 Å². The minimum atomic E-state index is -3.98. The van der Waals surface area contributed by atoms with E-state index in [4.69, 9.17) is 9.47 Å². The van der Waals surface area contributed by atoms with E-state index in [1.54, 1.807) is 36.4 Å². The average Bonchev–Trinajstić information content (AvgIpc) is 2.87. The number of hydrogen-bond donors (Lipinski definition) is 1. The molecule has 0 aliphatic carbocycles. The smallest absolute Gasteiger partial charge is 0.264 e. The Balaban J connectivity index is 1.65. The first-order valence-corrected chi connectivity index (χ1v) is 14.5. The van der Waals surface area contributed by atoms with Gasteiger partial charge in [0.25, 0.3) is 10.0 Å². The normalized spacial score (nSPS) is 11.3. The van der Waals surface area contributed by atoms with Crippen LogP contribution in [0.4, 0.5) is 5.69 Å². The van der Waals surface area contributed by atoms with Crippen molar-refractivity contribution in [2.75, 3.05) is 24.0 Å². The van der Waals surface area contributed by atoms with Gasteiger partial charge in [-0.3, -0.25) is 9.10 Å². The highest BCUT2D eigenvalue weighted by atomic mass is 79.9. The minimum Gasteiger partial charge on any atom is -0.494 e. The minimum absolute atomic E-state index is 0.0993. The molecule has 9 heteroatoms. The van der Waals surface area contributed by atoms with E-state index in [9.17, 15) is 13.2 Å². The number of halogens is 1. The summed E-state index contributed by atoms with van der Waals surface area (Å²) in [7, 11) is -3.98. The lowest BCUT2D eigenvalue weighted by Crippen LogP contribution is -2.41. The number of rotatable bonds is 13. The molecule has 7 nitrogen and oxygen atoms in total. The molecule has 0 aliphatic heterocycles. The molecule has 0 heterocycles. The van der Waals surface area contributed by atoms with Crippen LogP contribution >= 0.6 is 15.9 Å². The van der Waals surface area contributed by atoms with Crippen LogP contribution in [0.25, 0.3) is 0 Å². The molecule has 198 valence electrons. The van der Waals surface area contributed by atoms with E-state index in [-0.39, 0.29) is 23.5 Å². The zero-order valence-corrected chi connectivity index (χ0v) is 23.7. The van der Waals surface area contributed by atoms with Gasteiger partial charge in [0.1, 0.15) is 18.0 Å². The Morgan fingerprint density at radius 1 is 0.946 bits per heavy atom. The number of nitrogens with one attached hydrogen (secondary N) is 1. The number of hydrogen-bond acceptors (Lipinski definition) is 5. The van der Waals surface area contributed by atoms with E-state index >= 15 is 0 Å². The summed E-state index contributed by atoms with van der Waals surface area (Å²) in [6.45, 7) is 6.43. The molecule has 3 aromatic rings. The standard InChI is InChI=1S/C28H33BrN2O5S/c1-4-35-25-15-11-24(12-16-25)31(37(33,34)27-17-9-23(29)10-18-27)20-28(32)30-19-5-6-22-7-13-26(14-8-22)36-21(2)3/h7-18,21H,4-6,19-20H2,1-3H3,(H,30,32). The van der Waals surface area contributed by atoms with Crippen molar-refractivity contribution >= 4 is 37.5 Å². The fourth-order valence-electron chi connectivity index (χ4n) is 3.64. The highest BCUT2D eigenvalue weighted by molar-refractivity contribution is 9.10. The van der Waals surface area contributed by atoms with Crippen molar-refractivity contribution < 1.29 is 22.7 Å². The Hall–Kier alpha value is -3.04. The number of amides is 1. The Bertz CT molecular complexity index is 1250. The number of sulfonamides is 1. The third-order valence-corrected chi connectivity index (χ3v) is 7.70. The molecule has 3 aromatic carbocycles. The van der Waals surface area contributed by atoms with Gasteiger partial charge in [0.2, 0.25) is 5.91 Å². The van der Waals surface area contributed by atoms with E-state index in [2.05, 4.69) is 21.2 Å². The Morgan fingerprint density at radius 3 is 2.16 bits per heavy atom.